The molecular weight excluding hydrogens is 382 g/mol. The molecule has 0 aliphatic rings. The fraction of sp³-hybridized carbons (Fsp3) is 0.368. The van der Waals surface area contributed by atoms with E-state index in [1.807, 2.05) is 36.6 Å². The Kier molecular flexibility index (Phi) is 8.27. The first-order valence-corrected chi connectivity index (χ1v) is 10.6. The van der Waals surface area contributed by atoms with Crippen molar-refractivity contribution in [3.63, 3.8) is 0 Å². The molecule has 6 nitrogen and oxygen atoms in total. The lowest BCUT2D eigenvalue weighted by Crippen LogP contribution is -2.41. The zero-order valence-corrected chi connectivity index (χ0v) is 16.9. The molecule has 0 aliphatic heterocycles. The number of carbonyl (C=O) groups is 2. The second-order valence-electron chi connectivity index (χ2n) is 6.18. The predicted octanol–water partition coefficient (Wildman–Crippen LogP) is 2.44. The highest BCUT2D eigenvalue weighted by molar-refractivity contribution is 7.98. The van der Waals surface area contributed by atoms with Crippen molar-refractivity contribution in [1.29, 1.82) is 0 Å². The molecular formula is C19H25N3O3S2. The van der Waals surface area contributed by atoms with E-state index < -0.39 is 17.9 Å². The topological polar surface area (TPSA) is 104 Å². The fourth-order valence-corrected chi connectivity index (χ4v) is 3.29. The van der Waals surface area contributed by atoms with Gasteiger partial charge in [0.05, 0.1) is 0 Å². The quantitative estimate of drug-likeness (QED) is 0.388. The molecule has 0 aliphatic carbocycles. The maximum atomic E-state index is 12.7. The van der Waals surface area contributed by atoms with Gasteiger partial charge in [-0.15, -0.1) is 0 Å². The van der Waals surface area contributed by atoms with Gasteiger partial charge in [-0.2, -0.15) is 24.4 Å². The number of hydrogen-bond acceptors (Lipinski definition) is 6. The first kappa shape index (κ1) is 21.4. The van der Waals surface area contributed by atoms with Crippen LogP contribution in [-0.2, 0) is 4.79 Å². The van der Waals surface area contributed by atoms with E-state index in [1.54, 1.807) is 17.8 Å². The number of rotatable bonds is 10. The van der Waals surface area contributed by atoms with Gasteiger partial charge >= 0.3 is 5.97 Å². The number of nitrogens with one attached hydrogen (secondary N) is 2. The summed E-state index contributed by atoms with van der Waals surface area (Å²) in [6.45, 7) is 0.564. The van der Waals surface area contributed by atoms with Crippen molar-refractivity contribution < 1.29 is 14.7 Å². The maximum absolute atomic E-state index is 12.7. The minimum atomic E-state index is -1.03. The maximum Gasteiger partial charge on any atom is 0.326 e. The number of amides is 1. The molecule has 2 aromatic rings. The average Bonchev–Trinajstić information content (AvgIpc) is 2.68. The number of carboxylic acids is 1. The molecule has 0 aromatic heterocycles. The number of anilines is 1. The largest absolute Gasteiger partial charge is 0.480 e. The lowest BCUT2D eigenvalue weighted by molar-refractivity contribution is -0.139. The number of benzene rings is 2. The van der Waals surface area contributed by atoms with Crippen LogP contribution >= 0.6 is 24.4 Å². The predicted molar refractivity (Wildman–Crippen MR) is 116 cm³/mol. The smallest absolute Gasteiger partial charge is 0.326 e. The molecule has 5 N–H and O–H groups in total. The van der Waals surface area contributed by atoms with Crippen LogP contribution < -0.4 is 16.4 Å². The lowest BCUT2D eigenvalue weighted by atomic mass is 10.0. The van der Waals surface area contributed by atoms with Gasteiger partial charge in [0.25, 0.3) is 5.91 Å². The number of hydrogen-bond donors (Lipinski definition) is 5. The average molecular weight is 408 g/mol. The van der Waals surface area contributed by atoms with Crippen LogP contribution in [0.15, 0.2) is 36.4 Å². The van der Waals surface area contributed by atoms with E-state index in [4.69, 9.17) is 5.73 Å². The molecule has 2 rings (SSSR count). The highest BCUT2D eigenvalue weighted by Gasteiger charge is 2.21. The highest BCUT2D eigenvalue weighted by Crippen LogP contribution is 2.27. The Bertz CT molecular complexity index is 801. The summed E-state index contributed by atoms with van der Waals surface area (Å²) in [5.41, 5.74) is 7.23. The summed E-state index contributed by atoms with van der Waals surface area (Å²) in [6, 6.07) is 10.1. The van der Waals surface area contributed by atoms with Crippen LogP contribution in [0.4, 0.5) is 5.69 Å². The normalized spacial score (nSPS) is 13.1. The van der Waals surface area contributed by atoms with Crippen LogP contribution in [0.5, 0.6) is 0 Å². The van der Waals surface area contributed by atoms with Gasteiger partial charge in [-0.05, 0) is 35.9 Å². The van der Waals surface area contributed by atoms with Crippen molar-refractivity contribution in [1.82, 2.24) is 5.32 Å². The Balaban J connectivity index is 2.28. The zero-order chi connectivity index (χ0) is 19.8. The van der Waals surface area contributed by atoms with Gasteiger partial charge in [0.2, 0.25) is 0 Å². The van der Waals surface area contributed by atoms with Gasteiger partial charge in [-0.25, -0.2) is 4.79 Å². The minimum Gasteiger partial charge on any atom is -0.480 e. The van der Waals surface area contributed by atoms with Gasteiger partial charge in [0.1, 0.15) is 6.04 Å². The van der Waals surface area contributed by atoms with Crippen molar-refractivity contribution in [2.45, 2.75) is 18.5 Å². The van der Waals surface area contributed by atoms with Gasteiger partial charge in [0, 0.05) is 35.0 Å². The second-order valence-corrected chi connectivity index (χ2v) is 7.53. The van der Waals surface area contributed by atoms with E-state index >= 15 is 0 Å². The summed E-state index contributed by atoms with van der Waals surface area (Å²) < 4.78 is 0. The van der Waals surface area contributed by atoms with Crippen LogP contribution in [-0.4, -0.2) is 53.4 Å². The molecule has 0 spiro atoms. The summed E-state index contributed by atoms with van der Waals surface area (Å²) in [5, 5.41) is 16.9. The lowest BCUT2D eigenvalue weighted by Gasteiger charge is -2.17. The van der Waals surface area contributed by atoms with Gasteiger partial charge in [-0.3, -0.25) is 4.79 Å². The molecule has 1 amide bonds. The van der Waals surface area contributed by atoms with Crippen molar-refractivity contribution in [3.05, 3.63) is 42.0 Å². The third-order valence-corrected chi connectivity index (χ3v) is 5.28. The molecule has 0 saturated carbocycles. The molecule has 2 aromatic carbocycles. The summed E-state index contributed by atoms with van der Waals surface area (Å²) in [6.07, 6.45) is 2.28. The van der Waals surface area contributed by atoms with Crippen LogP contribution in [0.2, 0.25) is 0 Å². The zero-order valence-electron chi connectivity index (χ0n) is 15.1. The van der Waals surface area contributed by atoms with E-state index in [0.29, 0.717) is 30.0 Å². The highest BCUT2D eigenvalue weighted by atomic mass is 32.2. The molecule has 146 valence electrons. The standard InChI is InChI=1S/C19H25N3O3S2/c1-27-9-8-17(19(24)25)22-18(23)15-6-7-16(21-10-12(20)11-26)14-5-3-2-4-13(14)15/h2-7,12,17,21,26H,8-11,20H2,1H3,(H,22,23)(H,24,25)/t12-,17+/m1/s1. The van der Waals surface area contributed by atoms with E-state index in [1.165, 1.54) is 0 Å². The molecule has 2 atom stereocenters. The minimum absolute atomic E-state index is 0.0807. The number of carboxylic acid groups (broad SMARTS) is 1. The van der Waals surface area contributed by atoms with Crippen molar-refractivity contribution in [3.8, 4) is 0 Å². The fourth-order valence-electron chi connectivity index (χ4n) is 2.69. The number of nitrogens with two attached hydrogens (primary N) is 1. The van der Waals surface area contributed by atoms with Crippen molar-refractivity contribution in [2.24, 2.45) is 5.73 Å². The number of thiol groups is 1. The molecule has 0 radical (unpaired) electrons. The van der Waals surface area contributed by atoms with Crippen LogP contribution in [0, 0.1) is 0 Å². The monoisotopic (exact) mass is 407 g/mol. The Morgan fingerprint density at radius 1 is 1.22 bits per heavy atom. The Hall–Kier alpha value is -1.90. The summed E-state index contributed by atoms with van der Waals surface area (Å²) in [5.74, 6) is -0.191. The van der Waals surface area contributed by atoms with Gasteiger partial charge in [0.15, 0.2) is 0 Å². The molecule has 0 bridgehead atoms. The Morgan fingerprint density at radius 3 is 2.56 bits per heavy atom. The van der Waals surface area contributed by atoms with Crippen LogP contribution in [0.25, 0.3) is 10.8 Å². The first-order valence-electron chi connectivity index (χ1n) is 8.62. The van der Waals surface area contributed by atoms with E-state index in [-0.39, 0.29) is 6.04 Å². The third-order valence-electron chi connectivity index (χ3n) is 4.17. The van der Waals surface area contributed by atoms with Crippen LogP contribution in [0.1, 0.15) is 16.8 Å². The summed E-state index contributed by atoms with van der Waals surface area (Å²) in [4.78, 5) is 24.1. The van der Waals surface area contributed by atoms with Crippen molar-refractivity contribution >= 4 is 52.7 Å². The first-order chi connectivity index (χ1) is 13.0. The summed E-state index contributed by atoms with van der Waals surface area (Å²) >= 11 is 5.73. The number of aliphatic carboxylic acids is 1. The summed E-state index contributed by atoms with van der Waals surface area (Å²) in [7, 11) is 0. The number of fused-ring (bicyclic) bond motifs is 1. The Morgan fingerprint density at radius 2 is 1.93 bits per heavy atom. The van der Waals surface area contributed by atoms with E-state index in [0.717, 1.165) is 16.5 Å². The number of thioether (sulfide) groups is 1. The van der Waals surface area contributed by atoms with E-state index in [9.17, 15) is 14.7 Å². The molecule has 0 saturated heterocycles. The molecule has 0 fully saturated rings. The van der Waals surface area contributed by atoms with Gasteiger partial charge in [-0.1, -0.05) is 24.3 Å². The second kappa shape index (κ2) is 10.4. The van der Waals surface area contributed by atoms with Gasteiger partial charge < -0.3 is 21.5 Å². The number of carbonyl (C=O) groups excluding carboxylic acids is 1. The SMILES string of the molecule is CSCC[C@H](NC(=O)c1ccc(NC[C@@H](N)CS)c2ccccc12)C(=O)O. The molecule has 0 heterocycles. The van der Waals surface area contributed by atoms with Crippen LogP contribution in [0.3, 0.4) is 0 Å². The Labute approximate surface area is 168 Å². The third kappa shape index (κ3) is 5.79. The van der Waals surface area contributed by atoms with Crippen molar-refractivity contribution in [2.75, 3.05) is 29.6 Å². The molecule has 0 unspecified atom stereocenters. The molecule has 27 heavy (non-hydrogen) atoms. The van der Waals surface area contributed by atoms with E-state index in [2.05, 4.69) is 23.3 Å². The molecule has 8 heteroatoms.